The van der Waals surface area contributed by atoms with Crippen LogP contribution in [0, 0.1) is 0 Å². The lowest BCUT2D eigenvalue weighted by Crippen LogP contribution is -2.36. The van der Waals surface area contributed by atoms with Crippen molar-refractivity contribution in [2.45, 2.75) is 19.4 Å². The van der Waals surface area contributed by atoms with E-state index in [0.29, 0.717) is 12.3 Å². The Morgan fingerprint density at radius 1 is 1.47 bits per heavy atom. The molecule has 1 aliphatic rings. The predicted molar refractivity (Wildman–Crippen MR) is 62.9 cm³/mol. The summed E-state index contributed by atoms with van der Waals surface area (Å²) in [6.07, 6.45) is -0.798. The molecule has 0 saturated carbocycles. The van der Waals surface area contributed by atoms with Gasteiger partial charge < -0.3 is 9.84 Å². The molecule has 0 spiro atoms. The molecule has 5 heteroatoms. The molecule has 1 aliphatic heterocycles. The molecule has 90 valence electrons. The van der Waals surface area contributed by atoms with Gasteiger partial charge in [-0.2, -0.15) is 5.10 Å². The third-order valence-corrected chi connectivity index (χ3v) is 2.46. The van der Waals surface area contributed by atoms with Crippen LogP contribution < -0.4 is 10.2 Å². The molecule has 0 aliphatic carbocycles. The van der Waals surface area contributed by atoms with Crippen molar-refractivity contribution in [3.8, 4) is 5.75 Å². The van der Waals surface area contributed by atoms with Crippen molar-refractivity contribution in [3.05, 3.63) is 29.8 Å². The number of amides is 1. The highest BCUT2D eigenvalue weighted by atomic mass is 16.5. The summed E-state index contributed by atoms with van der Waals surface area (Å²) in [6.45, 7) is 2.53. The third kappa shape index (κ3) is 2.62. The molecule has 0 bridgehead atoms. The molecule has 1 aromatic carbocycles. The number of carbonyl (C=O) groups is 1. The highest BCUT2D eigenvalue weighted by Gasteiger charge is 2.23. The maximum Gasteiger partial charge on any atom is 0.243 e. The van der Waals surface area contributed by atoms with Gasteiger partial charge in [-0.1, -0.05) is 0 Å². The van der Waals surface area contributed by atoms with E-state index in [9.17, 15) is 9.90 Å². The van der Waals surface area contributed by atoms with Crippen LogP contribution in [0.1, 0.15) is 18.9 Å². The second kappa shape index (κ2) is 4.97. The van der Waals surface area contributed by atoms with Crippen LogP contribution in [0.25, 0.3) is 0 Å². The van der Waals surface area contributed by atoms with Crippen molar-refractivity contribution in [1.29, 1.82) is 0 Å². The van der Waals surface area contributed by atoms with Gasteiger partial charge in [0.1, 0.15) is 11.9 Å². The number of hydrazone groups is 1. The van der Waals surface area contributed by atoms with E-state index in [4.69, 9.17) is 4.74 Å². The van der Waals surface area contributed by atoms with Gasteiger partial charge in [-0.3, -0.25) is 4.79 Å². The van der Waals surface area contributed by atoms with E-state index in [-0.39, 0.29) is 12.3 Å². The molecule has 5 nitrogen and oxygen atoms in total. The largest absolute Gasteiger partial charge is 0.494 e. The highest BCUT2D eigenvalue weighted by molar-refractivity contribution is 6.07. The quantitative estimate of drug-likeness (QED) is 0.807. The van der Waals surface area contributed by atoms with Crippen LogP contribution in [0.4, 0.5) is 0 Å². The number of hydrogen-bond acceptors (Lipinski definition) is 4. The van der Waals surface area contributed by atoms with Crippen LogP contribution in [0.15, 0.2) is 29.4 Å². The second-order valence-electron chi connectivity index (χ2n) is 3.71. The van der Waals surface area contributed by atoms with Crippen LogP contribution in [-0.2, 0) is 4.79 Å². The van der Waals surface area contributed by atoms with Crippen LogP contribution in [0.3, 0.4) is 0 Å². The average molecular weight is 234 g/mol. The van der Waals surface area contributed by atoms with Crippen molar-refractivity contribution in [2.24, 2.45) is 5.10 Å². The summed E-state index contributed by atoms with van der Waals surface area (Å²) in [5.74, 6) is 0.498. The summed E-state index contributed by atoms with van der Waals surface area (Å²) in [4.78, 5) is 11.0. The van der Waals surface area contributed by atoms with Crippen LogP contribution >= 0.6 is 0 Å². The number of hydrogen-bond donors (Lipinski definition) is 2. The molecule has 1 atom stereocenters. The van der Waals surface area contributed by atoms with Crippen molar-refractivity contribution < 1.29 is 14.6 Å². The first-order valence-electron chi connectivity index (χ1n) is 5.48. The van der Waals surface area contributed by atoms with Crippen molar-refractivity contribution >= 4 is 11.6 Å². The van der Waals surface area contributed by atoms with Gasteiger partial charge in [0.25, 0.3) is 0 Å². The zero-order valence-corrected chi connectivity index (χ0v) is 9.51. The molecule has 0 aromatic heterocycles. The fraction of sp³-hybridized carbons (Fsp3) is 0.333. The lowest BCUT2D eigenvalue weighted by atomic mass is 10.0. The molecule has 1 aromatic rings. The Morgan fingerprint density at radius 2 is 2.18 bits per heavy atom. The minimum absolute atomic E-state index is 0.0477. The molecule has 0 radical (unpaired) electrons. The smallest absolute Gasteiger partial charge is 0.243 e. The fourth-order valence-corrected chi connectivity index (χ4v) is 1.66. The highest BCUT2D eigenvalue weighted by Crippen LogP contribution is 2.16. The number of rotatable bonds is 3. The molecule has 2 rings (SSSR count). The minimum atomic E-state index is -0.846. The van der Waals surface area contributed by atoms with Crippen LogP contribution in [-0.4, -0.2) is 29.4 Å². The average Bonchev–Trinajstić information content (AvgIpc) is 2.31. The number of carbonyl (C=O) groups excluding carboxylic acids is 1. The topological polar surface area (TPSA) is 70.9 Å². The van der Waals surface area contributed by atoms with E-state index >= 15 is 0 Å². The summed E-state index contributed by atoms with van der Waals surface area (Å²) in [5.41, 5.74) is 3.62. The summed E-state index contributed by atoms with van der Waals surface area (Å²) in [6, 6.07) is 7.24. The first-order chi connectivity index (χ1) is 8.20. The number of ether oxygens (including phenoxy) is 1. The maximum absolute atomic E-state index is 11.0. The molecule has 2 N–H and O–H groups in total. The molecule has 1 amide bonds. The monoisotopic (exact) mass is 234 g/mol. The first kappa shape index (κ1) is 11.6. The van der Waals surface area contributed by atoms with Gasteiger partial charge in [0.05, 0.1) is 18.7 Å². The van der Waals surface area contributed by atoms with Gasteiger partial charge in [-0.05, 0) is 31.2 Å². The van der Waals surface area contributed by atoms with E-state index in [0.717, 1.165) is 11.3 Å². The fourth-order valence-electron chi connectivity index (χ4n) is 1.66. The van der Waals surface area contributed by atoms with E-state index < -0.39 is 6.10 Å². The summed E-state index contributed by atoms with van der Waals surface area (Å²) in [7, 11) is 0. The number of nitrogens with one attached hydrogen (secondary N) is 1. The molecule has 17 heavy (non-hydrogen) atoms. The zero-order valence-electron chi connectivity index (χ0n) is 9.51. The van der Waals surface area contributed by atoms with Gasteiger partial charge in [0.2, 0.25) is 5.91 Å². The van der Waals surface area contributed by atoms with E-state index in [1.165, 1.54) is 0 Å². The maximum atomic E-state index is 11.0. The SMILES string of the molecule is CCOc1ccc(C2=NNC(=O)CC2O)cc1. The summed E-state index contributed by atoms with van der Waals surface area (Å²) in [5, 5.41) is 13.6. The standard InChI is InChI=1S/C12H14N2O3/c1-2-17-9-5-3-8(4-6-9)12-10(15)7-11(16)13-14-12/h3-6,10,15H,2,7H2,1H3,(H,13,16). The van der Waals surface area contributed by atoms with Gasteiger partial charge in [0, 0.05) is 5.56 Å². The van der Waals surface area contributed by atoms with Gasteiger partial charge >= 0.3 is 0 Å². The minimum Gasteiger partial charge on any atom is -0.494 e. The number of benzene rings is 1. The van der Waals surface area contributed by atoms with Crippen molar-refractivity contribution in [1.82, 2.24) is 5.43 Å². The Hall–Kier alpha value is -1.88. The predicted octanol–water partition coefficient (Wildman–Crippen LogP) is 0.670. The van der Waals surface area contributed by atoms with E-state index in [1.807, 2.05) is 31.2 Å². The molecule has 0 fully saturated rings. The van der Waals surface area contributed by atoms with E-state index in [2.05, 4.69) is 10.5 Å². The molecule has 1 heterocycles. The Kier molecular flexibility index (Phi) is 3.39. The van der Waals surface area contributed by atoms with Crippen molar-refractivity contribution in [2.75, 3.05) is 6.61 Å². The molecular weight excluding hydrogens is 220 g/mol. The lowest BCUT2D eigenvalue weighted by Gasteiger charge is -2.18. The lowest BCUT2D eigenvalue weighted by molar-refractivity contribution is -0.122. The third-order valence-electron chi connectivity index (χ3n) is 2.46. The number of nitrogens with zero attached hydrogens (tertiary/aromatic N) is 1. The van der Waals surface area contributed by atoms with E-state index in [1.54, 1.807) is 0 Å². The summed E-state index contributed by atoms with van der Waals surface area (Å²) >= 11 is 0. The van der Waals surface area contributed by atoms with Crippen molar-refractivity contribution in [3.63, 3.8) is 0 Å². The van der Waals surface area contributed by atoms with Gasteiger partial charge in [-0.25, -0.2) is 5.43 Å². The Balaban J connectivity index is 2.19. The Labute approximate surface area is 99.1 Å². The second-order valence-corrected chi connectivity index (χ2v) is 3.71. The van der Waals surface area contributed by atoms with Crippen LogP contribution in [0.2, 0.25) is 0 Å². The Bertz CT molecular complexity index is 440. The Morgan fingerprint density at radius 3 is 2.76 bits per heavy atom. The zero-order chi connectivity index (χ0) is 12.3. The molecule has 1 unspecified atom stereocenters. The summed E-state index contributed by atoms with van der Waals surface area (Å²) < 4.78 is 5.32. The van der Waals surface area contributed by atoms with Gasteiger partial charge in [0.15, 0.2) is 0 Å². The van der Waals surface area contributed by atoms with Gasteiger partial charge in [-0.15, -0.1) is 0 Å². The number of aliphatic hydroxyl groups excluding tert-OH is 1. The molecular formula is C12H14N2O3. The molecule has 0 saturated heterocycles. The normalized spacial score (nSPS) is 19.5. The van der Waals surface area contributed by atoms with Crippen LogP contribution in [0.5, 0.6) is 5.75 Å². The number of aliphatic hydroxyl groups is 1. The first-order valence-corrected chi connectivity index (χ1v) is 5.48.